The van der Waals surface area contributed by atoms with E-state index < -0.39 is 24.3 Å². The van der Waals surface area contributed by atoms with E-state index in [1.165, 1.54) is 30.3 Å². The van der Waals surface area contributed by atoms with E-state index >= 15 is 0 Å². The van der Waals surface area contributed by atoms with E-state index in [1.807, 2.05) is 0 Å². The monoisotopic (exact) mass is 303 g/mol. The average Bonchev–Trinajstić information content (AvgIpc) is 2.47. The van der Waals surface area contributed by atoms with E-state index in [0.29, 0.717) is 0 Å². The number of benzene rings is 2. The van der Waals surface area contributed by atoms with Crippen molar-refractivity contribution in [2.45, 2.75) is 6.92 Å². The first kappa shape index (κ1) is 15.5. The van der Waals surface area contributed by atoms with Gasteiger partial charge < -0.3 is 15.2 Å². The van der Waals surface area contributed by atoms with Crippen LogP contribution >= 0.6 is 0 Å². The Hall–Kier alpha value is -2.89. The lowest BCUT2D eigenvalue weighted by molar-refractivity contribution is -0.118. The average molecular weight is 303 g/mol. The normalized spacial score (nSPS) is 10.1. The molecule has 6 heteroatoms. The lowest BCUT2D eigenvalue weighted by Gasteiger charge is -2.10. The lowest BCUT2D eigenvalue weighted by Crippen LogP contribution is -2.21. The number of rotatable bonds is 5. The van der Waals surface area contributed by atoms with Crippen molar-refractivity contribution in [1.29, 1.82) is 0 Å². The second-order valence-electron chi connectivity index (χ2n) is 4.62. The zero-order chi connectivity index (χ0) is 16.1. The third-order valence-electron chi connectivity index (χ3n) is 2.87. The summed E-state index contributed by atoms with van der Waals surface area (Å²) in [5, 5.41) is 11.4. The van der Waals surface area contributed by atoms with Gasteiger partial charge in [0.2, 0.25) is 0 Å². The molecule has 2 aromatic carbocycles. The van der Waals surface area contributed by atoms with Crippen molar-refractivity contribution in [2.24, 2.45) is 0 Å². The molecule has 2 N–H and O–H groups in total. The van der Waals surface area contributed by atoms with Crippen LogP contribution in [-0.4, -0.2) is 23.6 Å². The van der Waals surface area contributed by atoms with Crippen LogP contribution < -0.4 is 10.1 Å². The zero-order valence-corrected chi connectivity index (χ0v) is 11.8. The first-order valence-corrected chi connectivity index (χ1v) is 6.48. The number of aryl methyl sites for hydroxylation is 1. The van der Waals surface area contributed by atoms with Crippen molar-refractivity contribution in [3.8, 4) is 5.75 Å². The minimum atomic E-state index is -1.15. The molecule has 2 aromatic rings. The predicted octanol–water partition coefficient (Wildman–Crippen LogP) is 2.85. The maximum Gasteiger partial charge on any atom is 0.339 e. The summed E-state index contributed by atoms with van der Waals surface area (Å²) in [7, 11) is 0. The van der Waals surface area contributed by atoms with E-state index in [-0.39, 0.29) is 17.0 Å². The summed E-state index contributed by atoms with van der Waals surface area (Å²) in [5.74, 6) is -2.19. The van der Waals surface area contributed by atoms with Gasteiger partial charge in [-0.2, -0.15) is 0 Å². The smallest absolute Gasteiger partial charge is 0.339 e. The van der Waals surface area contributed by atoms with E-state index in [1.54, 1.807) is 19.1 Å². The van der Waals surface area contributed by atoms with Gasteiger partial charge in [-0.05, 0) is 36.8 Å². The molecule has 0 aliphatic rings. The molecule has 5 nitrogen and oxygen atoms in total. The molecule has 0 saturated heterocycles. The molecule has 0 unspecified atom stereocenters. The number of carbonyl (C=O) groups is 2. The highest BCUT2D eigenvalue weighted by molar-refractivity contribution is 5.93. The maximum atomic E-state index is 13.4. The molecule has 0 atom stereocenters. The van der Waals surface area contributed by atoms with Crippen molar-refractivity contribution in [1.82, 2.24) is 0 Å². The second kappa shape index (κ2) is 6.71. The maximum absolute atomic E-state index is 13.4. The Bertz CT molecular complexity index is 715. The Kier molecular flexibility index (Phi) is 4.73. The van der Waals surface area contributed by atoms with Gasteiger partial charge in [0.1, 0.15) is 17.1 Å². The van der Waals surface area contributed by atoms with Gasteiger partial charge in [0.15, 0.2) is 6.61 Å². The largest absolute Gasteiger partial charge is 0.483 e. The highest BCUT2D eigenvalue weighted by atomic mass is 19.1. The SMILES string of the molecule is Cc1ccc(C(=O)O)c(OCC(=O)Nc2ccccc2F)c1. The summed E-state index contributed by atoms with van der Waals surface area (Å²) in [6.45, 7) is 1.36. The molecule has 2 rings (SSSR count). The highest BCUT2D eigenvalue weighted by Crippen LogP contribution is 2.20. The summed E-state index contributed by atoms with van der Waals surface area (Å²) in [5.41, 5.74) is 0.803. The van der Waals surface area contributed by atoms with Crippen molar-refractivity contribution >= 4 is 17.6 Å². The first-order valence-electron chi connectivity index (χ1n) is 6.48. The molecular formula is C16H14FNO4. The van der Waals surface area contributed by atoms with Gasteiger partial charge in [-0.1, -0.05) is 18.2 Å². The van der Waals surface area contributed by atoms with Crippen LogP contribution in [0, 0.1) is 12.7 Å². The Morgan fingerprint density at radius 2 is 1.95 bits per heavy atom. The molecule has 0 bridgehead atoms. The summed E-state index contributed by atoms with van der Waals surface area (Å²) in [6, 6.07) is 10.3. The molecule has 0 aliphatic heterocycles. The number of carboxylic acid groups (broad SMARTS) is 1. The number of carbonyl (C=O) groups excluding carboxylic acids is 1. The standard InChI is InChI=1S/C16H14FNO4/c1-10-6-7-11(16(20)21)14(8-10)22-9-15(19)18-13-5-3-2-4-12(13)17/h2-8H,9H2,1H3,(H,18,19)(H,20,21). The van der Waals surface area contributed by atoms with Gasteiger partial charge in [0, 0.05) is 0 Å². The fraction of sp³-hybridized carbons (Fsp3) is 0.125. The van der Waals surface area contributed by atoms with Gasteiger partial charge in [0.25, 0.3) is 5.91 Å². The van der Waals surface area contributed by atoms with E-state index in [2.05, 4.69) is 5.32 Å². The third kappa shape index (κ3) is 3.82. The molecule has 0 radical (unpaired) electrons. The Balaban J connectivity index is 2.04. The Morgan fingerprint density at radius 1 is 1.23 bits per heavy atom. The summed E-state index contributed by atoms with van der Waals surface area (Å²) in [4.78, 5) is 22.8. The lowest BCUT2D eigenvalue weighted by atomic mass is 10.1. The molecule has 0 aliphatic carbocycles. The topological polar surface area (TPSA) is 75.6 Å². The molecule has 0 spiro atoms. The summed E-state index contributed by atoms with van der Waals surface area (Å²) >= 11 is 0. The number of carboxylic acids is 1. The number of anilines is 1. The van der Waals surface area contributed by atoms with Gasteiger partial charge in [-0.15, -0.1) is 0 Å². The quantitative estimate of drug-likeness (QED) is 0.890. The van der Waals surface area contributed by atoms with E-state index in [0.717, 1.165) is 5.56 Å². The fourth-order valence-corrected chi connectivity index (χ4v) is 1.82. The number of para-hydroxylation sites is 1. The second-order valence-corrected chi connectivity index (χ2v) is 4.62. The molecule has 0 fully saturated rings. The number of hydrogen-bond acceptors (Lipinski definition) is 3. The van der Waals surface area contributed by atoms with Crippen LogP contribution in [0.15, 0.2) is 42.5 Å². The minimum absolute atomic E-state index is 0.0377. The number of ether oxygens (including phenoxy) is 1. The van der Waals surface area contributed by atoms with Crippen LogP contribution in [0.5, 0.6) is 5.75 Å². The molecule has 0 saturated carbocycles. The third-order valence-corrected chi connectivity index (χ3v) is 2.87. The van der Waals surface area contributed by atoms with Gasteiger partial charge >= 0.3 is 5.97 Å². The molecule has 0 aromatic heterocycles. The molecule has 114 valence electrons. The number of nitrogens with one attached hydrogen (secondary N) is 1. The number of hydrogen-bond donors (Lipinski definition) is 2. The number of amides is 1. The van der Waals surface area contributed by atoms with Crippen LogP contribution in [0.25, 0.3) is 0 Å². The van der Waals surface area contributed by atoms with Crippen LogP contribution in [0.4, 0.5) is 10.1 Å². The van der Waals surface area contributed by atoms with Gasteiger partial charge in [-0.3, -0.25) is 4.79 Å². The van der Waals surface area contributed by atoms with Crippen molar-refractivity contribution in [3.63, 3.8) is 0 Å². The van der Waals surface area contributed by atoms with Crippen LogP contribution in [0.3, 0.4) is 0 Å². The summed E-state index contributed by atoms with van der Waals surface area (Å²) < 4.78 is 18.6. The number of aromatic carboxylic acids is 1. The first-order chi connectivity index (χ1) is 10.5. The van der Waals surface area contributed by atoms with Crippen LogP contribution in [-0.2, 0) is 4.79 Å². The Morgan fingerprint density at radius 3 is 2.64 bits per heavy atom. The van der Waals surface area contributed by atoms with Crippen LogP contribution in [0.2, 0.25) is 0 Å². The fourth-order valence-electron chi connectivity index (χ4n) is 1.82. The van der Waals surface area contributed by atoms with Crippen molar-refractivity contribution in [2.75, 3.05) is 11.9 Å². The van der Waals surface area contributed by atoms with Crippen molar-refractivity contribution < 1.29 is 23.8 Å². The van der Waals surface area contributed by atoms with Gasteiger partial charge in [0.05, 0.1) is 5.69 Å². The Labute approximate surface area is 126 Å². The predicted molar refractivity (Wildman–Crippen MR) is 78.7 cm³/mol. The van der Waals surface area contributed by atoms with E-state index in [4.69, 9.17) is 9.84 Å². The summed E-state index contributed by atoms with van der Waals surface area (Å²) in [6.07, 6.45) is 0. The molecule has 1 amide bonds. The minimum Gasteiger partial charge on any atom is -0.483 e. The van der Waals surface area contributed by atoms with Gasteiger partial charge in [-0.25, -0.2) is 9.18 Å². The molecule has 0 heterocycles. The zero-order valence-electron chi connectivity index (χ0n) is 11.8. The molecule has 22 heavy (non-hydrogen) atoms. The van der Waals surface area contributed by atoms with E-state index in [9.17, 15) is 14.0 Å². The van der Waals surface area contributed by atoms with Crippen molar-refractivity contribution in [3.05, 3.63) is 59.4 Å². The molecular weight excluding hydrogens is 289 g/mol. The van der Waals surface area contributed by atoms with Crippen LogP contribution in [0.1, 0.15) is 15.9 Å². The number of halogens is 1. The highest BCUT2D eigenvalue weighted by Gasteiger charge is 2.13.